The van der Waals surface area contributed by atoms with Crippen molar-refractivity contribution in [1.82, 2.24) is 5.32 Å². The van der Waals surface area contributed by atoms with E-state index < -0.39 is 0 Å². The van der Waals surface area contributed by atoms with Crippen LogP contribution in [0.5, 0.6) is 11.5 Å². The minimum absolute atomic E-state index is 0.196. The van der Waals surface area contributed by atoms with E-state index in [2.05, 4.69) is 60.8 Å². The van der Waals surface area contributed by atoms with Crippen molar-refractivity contribution in [1.29, 1.82) is 0 Å². The maximum absolute atomic E-state index is 6.08. The number of hydrogen-bond acceptors (Lipinski definition) is 3. The largest absolute Gasteiger partial charge is 0.493 e. The van der Waals surface area contributed by atoms with Gasteiger partial charge in [-0.05, 0) is 54.8 Å². The fraction of sp³-hybridized carbons (Fsp3) is 0.360. The second kappa shape index (κ2) is 10.1. The van der Waals surface area contributed by atoms with Crippen molar-refractivity contribution in [2.45, 2.75) is 52.8 Å². The molecule has 28 heavy (non-hydrogen) atoms. The van der Waals surface area contributed by atoms with Gasteiger partial charge in [0.2, 0.25) is 0 Å². The van der Waals surface area contributed by atoms with Gasteiger partial charge in [0.05, 0.1) is 12.7 Å². The van der Waals surface area contributed by atoms with Gasteiger partial charge in [-0.15, -0.1) is 0 Å². The summed E-state index contributed by atoms with van der Waals surface area (Å²) in [5, 5.41) is 6.08. The Labute approximate surface area is 168 Å². The average Bonchev–Trinajstić information content (AvgIpc) is 2.70. The zero-order chi connectivity index (χ0) is 19.8. The number of fused-ring (bicyclic) bond motifs is 1. The average molecular weight is 378 g/mol. The fourth-order valence-corrected chi connectivity index (χ4v) is 3.25. The molecule has 3 rings (SSSR count). The van der Waals surface area contributed by atoms with E-state index >= 15 is 0 Å². The first-order chi connectivity index (χ1) is 13.7. The van der Waals surface area contributed by atoms with Crippen LogP contribution in [0.2, 0.25) is 0 Å². The highest BCUT2D eigenvalue weighted by Crippen LogP contribution is 2.28. The smallest absolute Gasteiger partial charge is 0.124 e. The fourth-order valence-electron chi connectivity index (χ4n) is 3.25. The van der Waals surface area contributed by atoms with Gasteiger partial charge in [-0.1, -0.05) is 55.8 Å². The Hall–Kier alpha value is -2.52. The summed E-state index contributed by atoms with van der Waals surface area (Å²) in [5.74, 6) is 1.90. The summed E-state index contributed by atoms with van der Waals surface area (Å²) in [5.41, 5.74) is 2.47. The predicted molar refractivity (Wildman–Crippen MR) is 117 cm³/mol. The lowest BCUT2D eigenvalue weighted by Gasteiger charge is -2.15. The molecule has 0 radical (unpaired) electrons. The Morgan fingerprint density at radius 3 is 2.43 bits per heavy atom. The molecule has 0 amide bonds. The summed E-state index contributed by atoms with van der Waals surface area (Å²) in [4.78, 5) is 0. The van der Waals surface area contributed by atoms with Crippen LogP contribution < -0.4 is 14.8 Å². The highest BCUT2D eigenvalue weighted by molar-refractivity contribution is 5.87. The second-order valence-corrected chi connectivity index (χ2v) is 7.38. The number of rotatable bonds is 10. The molecule has 0 spiro atoms. The Kier molecular flexibility index (Phi) is 7.32. The molecular formula is C25H31NO2. The molecule has 0 aromatic heterocycles. The zero-order valence-electron chi connectivity index (χ0n) is 17.2. The monoisotopic (exact) mass is 377 g/mol. The van der Waals surface area contributed by atoms with E-state index in [1.807, 2.05) is 26.0 Å². The molecule has 0 saturated heterocycles. The van der Waals surface area contributed by atoms with E-state index in [0.717, 1.165) is 44.0 Å². The van der Waals surface area contributed by atoms with E-state index in [-0.39, 0.29) is 6.10 Å². The third-order valence-corrected chi connectivity index (χ3v) is 4.68. The number of benzene rings is 3. The predicted octanol–water partition coefficient (Wildman–Crippen LogP) is 6.10. The highest BCUT2D eigenvalue weighted by Gasteiger charge is 2.09. The number of unbranched alkanes of at least 4 members (excludes halogenated alkanes) is 1. The van der Waals surface area contributed by atoms with Crippen LogP contribution in [0, 0.1) is 0 Å². The molecule has 0 atom stereocenters. The van der Waals surface area contributed by atoms with Crippen LogP contribution in [0.1, 0.15) is 44.7 Å². The molecule has 0 heterocycles. The first kappa shape index (κ1) is 20.2. The Morgan fingerprint density at radius 2 is 1.68 bits per heavy atom. The molecule has 3 heteroatoms. The van der Waals surface area contributed by atoms with Crippen LogP contribution in [0.3, 0.4) is 0 Å². The van der Waals surface area contributed by atoms with Crippen LogP contribution >= 0.6 is 0 Å². The van der Waals surface area contributed by atoms with Gasteiger partial charge in [-0.25, -0.2) is 0 Å². The van der Waals surface area contributed by atoms with E-state index in [1.165, 1.54) is 21.9 Å². The summed E-state index contributed by atoms with van der Waals surface area (Å²) in [6.45, 7) is 8.61. The first-order valence-corrected chi connectivity index (χ1v) is 10.3. The van der Waals surface area contributed by atoms with Crippen molar-refractivity contribution in [3.8, 4) is 11.5 Å². The lowest BCUT2D eigenvalue weighted by atomic mass is 10.0. The third-order valence-electron chi connectivity index (χ3n) is 4.68. The van der Waals surface area contributed by atoms with Crippen molar-refractivity contribution >= 4 is 10.8 Å². The molecule has 0 bridgehead atoms. The van der Waals surface area contributed by atoms with E-state index in [1.54, 1.807) is 0 Å². The van der Waals surface area contributed by atoms with Crippen molar-refractivity contribution in [2.75, 3.05) is 6.61 Å². The van der Waals surface area contributed by atoms with Crippen molar-refractivity contribution in [3.63, 3.8) is 0 Å². The van der Waals surface area contributed by atoms with Gasteiger partial charge in [0, 0.05) is 18.7 Å². The molecule has 0 unspecified atom stereocenters. The highest BCUT2D eigenvalue weighted by atomic mass is 16.5. The Morgan fingerprint density at radius 1 is 0.893 bits per heavy atom. The van der Waals surface area contributed by atoms with Gasteiger partial charge in [0.1, 0.15) is 11.5 Å². The second-order valence-electron chi connectivity index (χ2n) is 7.38. The molecule has 3 aromatic rings. The molecular weight excluding hydrogens is 346 g/mol. The lowest BCUT2D eigenvalue weighted by molar-refractivity contribution is 0.242. The van der Waals surface area contributed by atoms with Gasteiger partial charge < -0.3 is 14.8 Å². The summed E-state index contributed by atoms with van der Waals surface area (Å²) >= 11 is 0. The minimum atomic E-state index is 0.196. The van der Waals surface area contributed by atoms with Crippen molar-refractivity contribution in [2.24, 2.45) is 0 Å². The molecule has 0 aliphatic carbocycles. The molecule has 1 N–H and O–H groups in total. The number of hydrogen-bond donors (Lipinski definition) is 1. The lowest BCUT2D eigenvalue weighted by Crippen LogP contribution is -2.14. The van der Waals surface area contributed by atoms with E-state index in [9.17, 15) is 0 Å². The number of nitrogens with one attached hydrogen (secondary N) is 1. The van der Waals surface area contributed by atoms with Crippen LogP contribution in [-0.4, -0.2) is 12.7 Å². The van der Waals surface area contributed by atoms with Crippen molar-refractivity contribution < 1.29 is 9.47 Å². The first-order valence-electron chi connectivity index (χ1n) is 10.3. The van der Waals surface area contributed by atoms with Gasteiger partial charge in [-0.3, -0.25) is 0 Å². The van der Waals surface area contributed by atoms with Crippen LogP contribution in [-0.2, 0) is 13.1 Å². The van der Waals surface area contributed by atoms with Gasteiger partial charge in [0.15, 0.2) is 0 Å². The van der Waals surface area contributed by atoms with Crippen molar-refractivity contribution in [3.05, 3.63) is 71.8 Å². The standard InChI is InChI=1S/C25H31NO2/c1-4-5-16-27-25-15-12-21-8-6-7-9-23(21)24(25)18-26-17-20-10-13-22(14-11-20)28-19(2)3/h6-15,19,26H,4-5,16-18H2,1-3H3. The molecule has 3 nitrogen and oxygen atoms in total. The summed E-state index contributed by atoms with van der Waals surface area (Å²) in [7, 11) is 0. The van der Waals surface area contributed by atoms with Crippen LogP contribution in [0.25, 0.3) is 10.8 Å². The number of ether oxygens (including phenoxy) is 2. The van der Waals surface area contributed by atoms with Gasteiger partial charge in [0.25, 0.3) is 0 Å². The maximum Gasteiger partial charge on any atom is 0.124 e. The normalized spacial score (nSPS) is 11.1. The maximum atomic E-state index is 6.08. The third kappa shape index (κ3) is 5.49. The molecule has 0 aliphatic rings. The van der Waals surface area contributed by atoms with Crippen LogP contribution in [0.4, 0.5) is 0 Å². The Bertz CT molecular complexity index is 871. The summed E-state index contributed by atoms with van der Waals surface area (Å²) < 4.78 is 11.8. The zero-order valence-corrected chi connectivity index (χ0v) is 17.2. The molecule has 0 saturated carbocycles. The Balaban J connectivity index is 1.69. The molecule has 0 aliphatic heterocycles. The van der Waals surface area contributed by atoms with E-state index in [4.69, 9.17) is 9.47 Å². The topological polar surface area (TPSA) is 30.5 Å². The summed E-state index contributed by atoms with van der Waals surface area (Å²) in [6.07, 6.45) is 2.41. The minimum Gasteiger partial charge on any atom is -0.493 e. The summed E-state index contributed by atoms with van der Waals surface area (Å²) in [6, 6.07) is 21.1. The van der Waals surface area contributed by atoms with E-state index in [0.29, 0.717) is 0 Å². The van der Waals surface area contributed by atoms with Gasteiger partial charge in [-0.2, -0.15) is 0 Å². The van der Waals surface area contributed by atoms with Gasteiger partial charge >= 0.3 is 0 Å². The quantitative estimate of drug-likeness (QED) is 0.433. The molecule has 3 aromatic carbocycles. The molecule has 0 fully saturated rings. The molecule has 148 valence electrons. The SMILES string of the molecule is CCCCOc1ccc2ccccc2c1CNCc1ccc(OC(C)C)cc1. The van der Waals surface area contributed by atoms with Crippen LogP contribution in [0.15, 0.2) is 60.7 Å².